The molecule has 1 saturated heterocycles. The van der Waals surface area contributed by atoms with Crippen molar-refractivity contribution in [1.82, 2.24) is 15.3 Å². The second kappa shape index (κ2) is 9.64. The van der Waals surface area contributed by atoms with Crippen molar-refractivity contribution < 1.29 is 14.9 Å². The van der Waals surface area contributed by atoms with Gasteiger partial charge in [0.05, 0.1) is 18.4 Å². The van der Waals surface area contributed by atoms with Gasteiger partial charge in [-0.3, -0.25) is 4.98 Å². The quantitative estimate of drug-likeness (QED) is 0.573. The van der Waals surface area contributed by atoms with Gasteiger partial charge in [-0.2, -0.15) is 0 Å². The van der Waals surface area contributed by atoms with E-state index in [1.807, 2.05) is 24.3 Å². The zero-order chi connectivity index (χ0) is 19.0. The van der Waals surface area contributed by atoms with Crippen LogP contribution in [0.15, 0.2) is 42.9 Å². The number of aliphatic hydroxyl groups excluding tert-OH is 1. The van der Waals surface area contributed by atoms with E-state index < -0.39 is 5.60 Å². The number of rotatable bonds is 9. The van der Waals surface area contributed by atoms with Crippen LogP contribution in [0.4, 0.5) is 5.82 Å². The summed E-state index contributed by atoms with van der Waals surface area (Å²) in [5, 5.41) is 23.1. The molecule has 0 bridgehead atoms. The van der Waals surface area contributed by atoms with Crippen LogP contribution < -0.4 is 15.0 Å². The van der Waals surface area contributed by atoms with Gasteiger partial charge in [-0.1, -0.05) is 12.1 Å². The molecule has 0 aliphatic carbocycles. The first kappa shape index (κ1) is 19.5. The van der Waals surface area contributed by atoms with Crippen molar-refractivity contribution in [2.24, 2.45) is 0 Å². The monoisotopic (exact) mass is 372 g/mol. The standard InChI is InChI=1S/C20H28N4O3/c25-11-2-12-27-18-5-3-17(4-6-18)13-22-15-20(26)7-1-10-24(16-20)19-14-21-8-9-23-19/h3-6,8-9,14,22,25-26H,1-2,7,10-13,15-16H2. The van der Waals surface area contributed by atoms with Crippen LogP contribution in [0, 0.1) is 0 Å². The lowest BCUT2D eigenvalue weighted by atomic mass is 9.92. The summed E-state index contributed by atoms with van der Waals surface area (Å²) in [5.41, 5.74) is 0.359. The Morgan fingerprint density at radius 3 is 2.81 bits per heavy atom. The Bertz CT molecular complexity index is 683. The van der Waals surface area contributed by atoms with E-state index in [4.69, 9.17) is 9.84 Å². The highest BCUT2D eigenvalue weighted by molar-refractivity contribution is 5.36. The van der Waals surface area contributed by atoms with Gasteiger partial charge in [-0.05, 0) is 30.5 Å². The van der Waals surface area contributed by atoms with Crippen molar-refractivity contribution in [1.29, 1.82) is 0 Å². The Labute approximate surface area is 160 Å². The topological polar surface area (TPSA) is 90.7 Å². The van der Waals surface area contributed by atoms with E-state index in [1.54, 1.807) is 18.6 Å². The van der Waals surface area contributed by atoms with Gasteiger partial charge >= 0.3 is 0 Å². The smallest absolute Gasteiger partial charge is 0.147 e. The van der Waals surface area contributed by atoms with Crippen LogP contribution in [-0.2, 0) is 6.54 Å². The number of nitrogens with one attached hydrogen (secondary N) is 1. The molecule has 1 fully saturated rings. The van der Waals surface area contributed by atoms with Crippen LogP contribution in [0.25, 0.3) is 0 Å². The van der Waals surface area contributed by atoms with Crippen LogP contribution in [0.1, 0.15) is 24.8 Å². The maximum atomic E-state index is 11.0. The number of nitrogens with zero attached hydrogens (tertiary/aromatic N) is 3. The van der Waals surface area contributed by atoms with Crippen LogP contribution >= 0.6 is 0 Å². The van der Waals surface area contributed by atoms with Crippen molar-refractivity contribution in [3.05, 3.63) is 48.4 Å². The van der Waals surface area contributed by atoms with Crippen LogP contribution in [0.5, 0.6) is 5.75 Å². The number of β-amino-alcohol motifs (C(OH)–C–C–N with tert-alkyl or cyclic N) is 1. The van der Waals surface area contributed by atoms with Gasteiger partial charge in [0.1, 0.15) is 11.6 Å². The minimum absolute atomic E-state index is 0.138. The first-order chi connectivity index (χ1) is 13.2. The molecule has 146 valence electrons. The third-order valence-corrected chi connectivity index (χ3v) is 4.71. The first-order valence-electron chi connectivity index (χ1n) is 9.45. The van der Waals surface area contributed by atoms with E-state index in [0.29, 0.717) is 32.7 Å². The molecular formula is C20H28N4O3. The summed E-state index contributed by atoms with van der Waals surface area (Å²) in [6.45, 7) is 3.31. The predicted octanol–water partition coefficient (Wildman–Crippen LogP) is 1.36. The number of benzene rings is 1. The number of anilines is 1. The number of aromatic nitrogens is 2. The molecule has 7 nitrogen and oxygen atoms in total. The lowest BCUT2D eigenvalue weighted by molar-refractivity contribution is 0.0258. The average Bonchev–Trinajstić information content (AvgIpc) is 2.70. The van der Waals surface area contributed by atoms with Crippen LogP contribution in [0.3, 0.4) is 0 Å². The third-order valence-electron chi connectivity index (χ3n) is 4.71. The Hall–Kier alpha value is -2.22. The van der Waals surface area contributed by atoms with E-state index in [1.165, 1.54) is 0 Å². The third kappa shape index (κ3) is 5.89. The number of ether oxygens (including phenoxy) is 1. The number of aliphatic hydroxyl groups is 2. The van der Waals surface area contributed by atoms with Gasteiger partial charge in [0.2, 0.25) is 0 Å². The second-order valence-corrected chi connectivity index (χ2v) is 6.99. The van der Waals surface area contributed by atoms with E-state index >= 15 is 0 Å². The second-order valence-electron chi connectivity index (χ2n) is 6.99. The van der Waals surface area contributed by atoms with E-state index in [9.17, 15) is 5.11 Å². The molecule has 3 N–H and O–H groups in total. The Kier molecular flexibility index (Phi) is 6.98. The molecule has 0 radical (unpaired) electrons. The number of piperidine rings is 1. The van der Waals surface area contributed by atoms with Crippen molar-refractivity contribution in [3.8, 4) is 5.75 Å². The predicted molar refractivity (Wildman–Crippen MR) is 104 cm³/mol. The molecule has 27 heavy (non-hydrogen) atoms. The molecule has 1 aliphatic heterocycles. The maximum Gasteiger partial charge on any atom is 0.147 e. The summed E-state index contributed by atoms with van der Waals surface area (Å²) in [4.78, 5) is 10.5. The molecule has 2 aromatic rings. The fourth-order valence-electron chi connectivity index (χ4n) is 3.30. The maximum absolute atomic E-state index is 11.0. The fraction of sp³-hybridized carbons (Fsp3) is 0.500. The van der Waals surface area contributed by atoms with Gasteiger partial charge < -0.3 is 25.2 Å². The van der Waals surface area contributed by atoms with E-state index in [2.05, 4.69) is 20.2 Å². The Balaban J connectivity index is 1.46. The molecule has 7 heteroatoms. The van der Waals surface area contributed by atoms with Crippen LogP contribution in [-0.4, -0.2) is 58.6 Å². The molecule has 0 amide bonds. The van der Waals surface area contributed by atoms with Gasteiger partial charge in [0.25, 0.3) is 0 Å². The van der Waals surface area contributed by atoms with Crippen molar-refractivity contribution in [3.63, 3.8) is 0 Å². The zero-order valence-electron chi connectivity index (χ0n) is 15.5. The highest BCUT2D eigenvalue weighted by Gasteiger charge is 2.33. The first-order valence-corrected chi connectivity index (χ1v) is 9.45. The molecule has 1 aliphatic rings. The van der Waals surface area contributed by atoms with E-state index in [0.717, 1.165) is 36.5 Å². The SMILES string of the molecule is OCCCOc1ccc(CNCC2(O)CCCN(c3cnccn3)C2)cc1. The van der Waals surface area contributed by atoms with Gasteiger partial charge in [-0.15, -0.1) is 0 Å². The Morgan fingerprint density at radius 1 is 1.22 bits per heavy atom. The van der Waals surface area contributed by atoms with Gasteiger partial charge in [0, 0.05) is 51.6 Å². The lowest BCUT2D eigenvalue weighted by Crippen LogP contribution is -2.53. The fourth-order valence-corrected chi connectivity index (χ4v) is 3.30. The molecule has 1 unspecified atom stereocenters. The minimum Gasteiger partial charge on any atom is -0.494 e. The summed E-state index contributed by atoms with van der Waals surface area (Å²) in [6, 6.07) is 7.88. The molecule has 0 spiro atoms. The molecule has 2 heterocycles. The molecular weight excluding hydrogens is 344 g/mol. The molecule has 3 rings (SSSR count). The van der Waals surface area contributed by atoms with Crippen molar-refractivity contribution in [2.75, 3.05) is 37.7 Å². The molecule has 0 saturated carbocycles. The van der Waals surface area contributed by atoms with Crippen molar-refractivity contribution in [2.45, 2.75) is 31.4 Å². The summed E-state index contributed by atoms with van der Waals surface area (Å²) >= 11 is 0. The van der Waals surface area contributed by atoms with Gasteiger partial charge in [0.15, 0.2) is 0 Å². The highest BCUT2D eigenvalue weighted by atomic mass is 16.5. The van der Waals surface area contributed by atoms with E-state index in [-0.39, 0.29) is 6.61 Å². The normalized spacial score (nSPS) is 19.9. The van der Waals surface area contributed by atoms with Crippen molar-refractivity contribution >= 4 is 5.82 Å². The minimum atomic E-state index is -0.775. The number of hydrogen-bond acceptors (Lipinski definition) is 7. The molecule has 1 aromatic heterocycles. The highest BCUT2D eigenvalue weighted by Crippen LogP contribution is 2.24. The summed E-state index contributed by atoms with van der Waals surface area (Å²) in [7, 11) is 0. The summed E-state index contributed by atoms with van der Waals surface area (Å²) < 4.78 is 5.53. The zero-order valence-corrected chi connectivity index (χ0v) is 15.5. The summed E-state index contributed by atoms with van der Waals surface area (Å²) in [5.74, 6) is 1.62. The summed E-state index contributed by atoms with van der Waals surface area (Å²) in [6.07, 6.45) is 7.41. The lowest BCUT2D eigenvalue weighted by Gasteiger charge is -2.39. The largest absolute Gasteiger partial charge is 0.494 e. The molecule has 1 atom stereocenters. The van der Waals surface area contributed by atoms with Gasteiger partial charge in [-0.25, -0.2) is 4.98 Å². The average molecular weight is 372 g/mol. The Morgan fingerprint density at radius 2 is 2.07 bits per heavy atom. The molecule has 1 aromatic carbocycles. The number of hydrogen-bond donors (Lipinski definition) is 3. The van der Waals surface area contributed by atoms with Crippen LogP contribution in [0.2, 0.25) is 0 Å².